The predicted molar refractivity (Wildman–Crippen MR) is 12.8 cm³/mol. The topological polar surface area (TPSA) is 0 Å². The summed E-state index contributed by atoms with van der Waals surface area (Å²) in [5.74, 6) is 2.00. The Morgan fingerprint density at radius 1 is 1.40 bits per heavy atom. The second kappa shape index (κ2) is 17.1. The van der Waals surface area contributed by atoms with Gasteiger partial charge in [-0.15, -0.1) is 0 Å². The van der Waals surface area contributed by atoms with E-state index in [1.54, 1.807) is 6.92 Å². The number of hydrogen-bond acceptors (Lipinski definition) is 0. The van der Waals surface area contributed by atoms with Gasteiger partial charge in [0.15, 0.2) is 0 Å². The molecule has 0 aromatic carbocycles. The summed E-state index contributed by atoms with van der Waals surface area (Å²) in [4.78, 5) is 0. The van der Waals surface area contributed by atoms with Gasteiger partial charge in [0.1, 0.15) is 0 Å². The number of hydrogen-bond donors (Lipinski definition) is 0. The van der Waals surface area contributed by atoms with Gasteiger partial charge in [0.2, 0.25) is 0 Å². The summed E-state index contributed by atoms with van der Waals surface area (Å²) in [6.07, 6.45) is 5.96. The summed E-state index contributed by atoms with van der Waals surface area (Å²) in [6, 6.07) is 0. The quantitative estimate of drug-likeness (QED) is 0.411. The Bertz CT molecular complexity index is 26.4. The monoisotopic (exact) mass is 217 g/mol. The van der Waals surface area contributed by atoms with Gasteiger partial charge in [-0.05, 0) is 6.92 Å². The van der Waals surface area contributed by atoms with Crippen LogP contribution in [0.3, 0.4) is 0 Å². The molecule has 0 N–H and O–H groups in total. The van der Waals surface area contributed by atoms with Crippen LogP contribution >= 0.6 is 0 Å². The van der Waals surface area contributed by atoms with Crippen molar-refractivity contribution in [1.82, 2.24) is 0 Å². The fourth-order valence-electron chi connectivity index (χ4n) is 0. The summed E-state index contributed by atoms with van der Waals surface area (Å²) >= 11 is 0. The van der Waals surface area contributed by atoms with Crippen molar-refractivity contribution in [3.8, 4) is 5.92 Å². The molecule has 0 aliphatic rings. The van der Waals surface area contributed by atoms with Crippen molar-refractivity contribution in [1.29, 1.82) is 0 Å². The van der Waals surface area contributed by atoms with Crippen LogP contribution < -0.4 is 0 Å². The van der Waals surface area contributed by atoms with Gasteiger partial charge in [-0.1, -0.05) is 0 Å². The molecular weight excluding hydrogens is 214 g/mol. The third-order valence-corrected chi connectivity index (χ3v) is 0. The Morgan fingerprint density at radius 3 is 1.40 bits per heavy atom. The minimum absolute atomic E-state index is 0. The first kappa shape index (κ1) is 15.9. The molecule has 0 unspecified atom stereocenters. The molecule has 0 aliphatic carbocycles. The third kappa shape index (κ3) is 26.2. The molecule has 0 nitrogen and oxygen atoms in total. The first-order valence-electron chi connectivity index (χ1n) is 0.750. The zero-order chi connectivity index (χ0) is 2.71. The second-order valence-electron chi connectivity index (χ2n) is 0.250. The van der Waals surface area contributed by atoms with Crippen LogP contribution in [0.2, 0.25) is 0 Å². The molecule has 0 heterocycles. The molecule has 0 spiro atoms. The van der Waals surface area contributed by atoms with E-state index in [0.29, 0.717) is 0 Å². The largest absolute Gasteiger partial charge is 0.694 e. The molecule has 2 heteroatoms. The van der Waals surface area contributed by atoms with Gasteiger partial charge in [-0.3, -0.25) is 0 Å². The average molecular weight is 217 g/mol. The maximum Gasteiger partial charge on any atom is 0 e. The Balaban J connectivity index is -0.0000000200. The fourth-order valence-corrected chi connectivity index (χ4v) is 0. The van der Waals surface area contributed by atoms with Crippen LogP contribution in [-0.2, 0) is 65.4 Å². The second-order valence-corrected chi connectivity index (χ2v) is 0.250. The minimum Gasteiger partial charge on any atom is -0.694 e. The maximum absolute atomic E-state index is 5.96. The van der Waals surface area contributed by atoms with Crippen molar-refractivity contribution < 1.29 is 65.4 Å². The molecular formula is C3H3Y2-. The predicted octanol–water partition coefficient (Wildman–Crippen LogP) is 0.591. The summed E-state index contributed by atoms with van der Waals surface area (Å²) < 4.78 is 0. The molecule has 0 saturated carbocycles. The van der Waals surface area contributed by atoms with Crippen LogP contribution in [0.25, 0.3) is 0 Å². The first-order valence-corrected chi connectivity index (χ1v) is 0.750. The Morgan fingerprint density at radius 2 is 1.40 bits per heavy atom. The van der Waals surface area contributed by atoms with Crippen LogP contribution in [0.1, 0.15) is 6.92 Å². The van der Waals surface area contributed by atoms with Crippen molar-refractivity contribution in [2.45, 2.75) is 6.92 Å². The van der Waals surface area contributed by atoms with Crippen LogP contribution in [0, 0.1) is 12.3 Å². The zero-order valence-corrected chi connectivity index (χ0v) is 8.83. The molecule has 2 radical (unpaired) electrons. The smallest absolute Gasteiger partial charge is 0 e. The molecule has 0 bridgehead atoms. The SMILES string of the molecule is [C-]#CC.[Y].[Y]. The van der Waals surface area contributed by atoms with Gasteiger partial charge in [0.05, 0.1) is 0 Å². The number of rotatable bonds is 0. The van der Waals surface area contributed by atoms with Crippen molar-refractivity contribution in [3.63, 3.8) is 0 Å². The molecule has 5 heavy (non-hydrogen) atoms. The maximum atomic E-state index is 5.96. The van der Waals surface area contributed by atoms with E-state index in [-0.39, 0.29) is 65.4 Å². The molecule has 0 rings (SSSR count). The average Bonchev–Trinajstić information content (AvgIpc) is 0.918. The van der Waals surface area contributed by atoms with Crippen molar-refractivity contribution in [3.05, 3.63) is 6.42 Å². The van der Waals surface area contributed by atoms with E-state index in [4.69, 9.17) is 6.42 Å². The summed E-state index contributed by atoms with van der Waals surface area (Å²) in [6.45, 7) is 1.54. The Labute approximate surface area is 83.2 Å². The molecule has 0 aliphatic heterocycles. The van der Waals surface area contributed by atoms with E-state index in [1.165, 1.54) is 0 Å². The summed E-state index contributed by atoms with van der Waals surface area (Å²) in [5, 5.41) is 0. The molecule has 0 atom stereocenters. The fraction of sp³-hybridized carbons (Fsp3) is 0.333. The summed E-state index contributed by atoms with van der Waals surface area (Å²) in [5.41, 5.74) is 0. The zero-order valence-electron chi connectivity index (χ0n) is 3.15. The molecule has 0 aromatic heterocycles. The van der Waals surface area contributed by atoms with Crippen LogP contribution in [0.15, 0.2) is 0 Å². The van der Waals surface area contributed by atoms with Gasteiger partial charge in [-0.2, -0.15) is 0 Å². The molecule has 22 valence electrons. The molecule has 0 fully saturated rings. The van der Waals surface area contributed by atoms with Crippen LogP contribution in [0.4, 0.5) is 0 Å². The van der Waals surface area contributed by atoms with Gasteiger partial charge in [0.25, 0.3) is 0 Å². The van der Waals surface area contributed by atoms with E-state index in [1.807, 2.05) is 5.92 Å². The van der Waals surface area contributed by atoms with E-state index < -0.39 is 0 Å². The first-order chi connectivity index (χ1) is 1.41. The standard InChI is InChI=1S/C3H3.2Y/c1-3-2;;/h1H3;;/q-1;;. The van der Waals surface area contributed by atoms with Crippen molar-refractivity contribution in [2.75, 3.05) is 0 Å². The van der Waals surface area contributed by atoms with Gasteiger partial charge >= 0.3 is 0 Å². The van der Waals surface area contributed by atoms with E-state index in [9.17, 15) is 0 Å². The van der Waals surface area contributed by atoms with E-state index in [2.05, 4.69) is 0 Å². The third-order valence-electron chi connectivity index (χ3n) is 0. The minimum atomic E-state index is 0. The van der Waals surface area contributed by atoms with Crippen molar-refractivity contribution >= 4 is 0 Å². The molecule has 0 saturated heterocycles. The Hall–Kier alpha value is 1.77. The van der Waals surface area contributed by atoms with E-state index in [0.717, 1.165) is 0 Å². The van der Waals surface area contributed by atoms with Crippen LogP contribution in [0.5, 0.6) is 0 Å². The van der Waals surface area contributed by atoms with Crippen molar-refractivity contribution in [2.24, 2.45) is 0 Å². The van der Waals surface area contributed by atoms with Gasteiger partial charge in [0, 0.05) is 65.4 Å². The summed E-state index contributed by atoms with van der Waals surface area (Å²) in [7, 11) is 0. The molecule has 0 amide bonds. The van der Waals surface area contributed by atoms with Gasteiger partial charge < -0.3 is 12.3 Å². The van der Waals surface area contributed by atoms with Gasteiger partial charge in [-0.25, -0.2) is 0 Å². The van der Waals surface area contributed by atoms with Crippen LogP contribution in [-0.4, -0.2) is 0 Å². The normalized spacial score (nSPS) is 1.60. The van der Waals surface area contributed by atoms with E-state index >= 15 is 0 Å². The Kier molecular flexibility index (Phi) is 54.3. The molecule has 0 aromatic rings.